The van der Waals surface area contributed by atoms with Gasteiger partial charge in [-0.1, -0.05) is 0 Å². The highest BCUT2D eigenvalue weighted by Gasteiger charge is 2.43. The molecule has 4 unspecified atom stereocenters. The van der Waals surface area contributed by atoms with E-state index in [0.29, 0.717) is 18.1 Å². The predicted molar refractivity (Wildman–Crippen MR) is 69.2 cm³/mol. The summed E-state index contributed by atoms with van der Waals surface area (Å²) in [6.45, 7) is 0. The molecule has 2 bridgehead atoms. The normalized spacial score (nSPS) is 46.7. The summed E-state index contributed by atoms with van der Waals surface area (Å²) in [4.78, 5) is 2.13. The Morgan fingerprint density at radius 1 is 1.17 bits per heavy atom. The average molecular weight is 274 g/mol. The smallest absolute Gasteiger partial charge is 0.154 e. The fourth-order valence-corrected chi connectivity index (χ4v) is 5.69. The minimum Gasteiger partial charge on any atom is -0.390 e. The van der Waals surface area contributed by atoms with Crippen molar-refractivity contribution in [1.82, 2.24) is 10.2 Å². The van der Waals surface area contributed by atoms with Gasteiger partial charge in [0, 0.05) is 18.1 Å². The third kappa shape index (κ3) is 2.31. The number of hydrogen-bond acceptors (Lipinski definition) is 5. The molecule has 104 valence electrons. The van der Waals surface area contributed by atoms with Crippen molar-refractivity contribution in [2.45, 2.75) is 56.0 Å². The van der Waals surface area contributed by atoms with E-state index in [2.05, 4.69) is 10.2 Å². The first-order valence-electron chi connectivity index (χ1n) is 6.81. The van der Waals surface area contributed by atoms with Crippen LogP contribution in [-0.4, -0.2) is 67.2 Å². The van der Waals surface area contributed by atoms with E-state index in [9.17, 15) is 13.5 Å². The molecule has 3 heterocycles. The number of sulfone groups is 1. The number of hydrogen-bond donors (Lipinski definition) is 2. The molecule has 0 aromatic heterocycles. The van der Waals surface area contributed by atoms with Crippen molar-refractivity contribution < 1.29 is 13.5 Å². The first-order chi connectivity index (χ1) is 8.44. The van der Waals surface area contributed by atoms with Crippen LogP contribution < -0.4 is 5.32 Å². The average Bonchev–Trinajstić information content (AvgIpc) is 2.77. The molecule has 2 N–H and O–H groups in total. The number of nitrogens with one attached hydrogen (secondary N) is 1. The van der Waals surface area contributed by atoms with Gasteiger partial charge in [-0.05, 0) is 32.7 Å². The molecule has 0 aromatic rings. The molecule has 3 aliphatic heterocycles. The van der Waals surface area contributed by atoms with E-state index in [1.165, 1.54) is 12.8 Å². The van der Waals surface area contributed by atoms with Crippen LogP contribution in [0.4, 0.5) is 0 Å². The number of fused-ring (bicyclic) bond motifs is 2. The predicted octanol–water partition coefficient (Wildman–Crippen LogP) is -0.641. The van der Waals surface area contributed by atoms with E-state index >= 15 is 0 Å². The van der Waals surface area contributed by atoms with E-state index in [-0.39, 0.29) is 17.5 Å². The summed E-state index contributed by atoms with van der Waals surface area (Å²) in [5.41, 5.74) is 0. The van der Waals surface area contributed by atoms with Crippen LogP contribution >= 0.6 is 0 Å². The van der Waals surface area contributed by atoms with Gasteiger partial charge in [0.15, 0.2) is 9.84 Å². The van der Waals surface area contributed by atoms with Crippen LogP contribution in [-0.2, 0) is 9.84 Å². The maximum atomic E-state index is 11.6. The molecule has 3 aliphatic rings. The molecular formula is C12H22N2O3S. The molecule has 18 heavy (non-hydrogen) atoms. The SMILES string of the molecule is CN(C1CC2CCC(C1)N2)C1CS(=O)(=O)CC1O. The number of aliphatic hydroxyl groups is 1. The van der Waals surface area contributed by atoms with Crippen molar-refractivity contribution in [3.63, 3.8) is 0 Å². The maximum absolute atomic E-state index is 11.6. The van der Waals surface area contributed by atoms with Gasteiger partial charge in [-0.3, -0.25) is 4.90 Å². The summed E-state index contributed by atoms with van der Waals surface area (Å²) in [5.74, 6) is 0.0454. The lowest BCUT2D eigenvalue weighted by atomic mass is 9.96. The van der Waals surface area contributed by atoms with Crippen molar-refractivity contribution in [2.75, 3.05) is 18.6 Å². The molecule has 0 amide bonds. The Morgan fingerprint density at radius 3 is 2.28 bits per heavy atom. The molecular weight excluding hydrogens is 252 g/mol. The van der Waals surface area contributed by atoms with E-state index < -0.39 is 15.9 Å². The second-order valence-corrected chi connectivity index (χ2v) is 8.29. The molecule has 3 rings (SSSR count). The third-order valence-electron chi connectivity index (χ3n) is 4.84. The molecule has 0 aliphatic carbocycles. The van der Waals surface area contributed by atoms with E-state index in [4.69, 9.17) is 0 Å². The van der Waals surface area contributed by atoms with Crippen molar-refractivity contribution in [2.24, 2.45) is 0 Å². The lowest BCUT2D eigenvalue weighted by Gasteiger charge is -2.39. The van der Waals surface area contributed by atoms with Gasteiger partial charge in [0.05, 0.1) is 23.7 Å². The number of aliphatic hydroxyl groups excluding tert-OH is 1. The van der Waals surface area contributed by atoms with Crippen molar-refractivity contribution in [1.29, 1.82) is 0 Å². The summed E-state index contributed by atoms with van der Waals surface area (Å²) in [5, 5.41) is 13.5. The lowest BCUT2D eigenvalue weighted by Crippen LogP contribution is -2.52. The molecule has 0 spiro atoms. The topological polar surface area (TPSA) is 69.6 Å². The van der Waals surface area contributed by atoms with Crippen molar-refractivity contribution in [3.8, 4) is 0 Å². The molecule has 0 aromatic carbocycles. The molecule has 3 fully saturated rings. The number of piperidine rings is 1. The minimum atomic E-state index is -3.05. The van der Waals surface area contributed by atoms with Crippen LogP contribution in [0.15, 0.2) is 0 Å². The summed E-state index contributed by atoms with van der Waals surface area (Å²) < 4.78 is 23.2. The summed E-state index contributed by atoms with van der Waals surface area (Å²) in [7, 11) is -1.07. The molecule has 5 nitrogen and oxygen atoms in total. The largest absolute Gasteiger partial charge is 0.390 e. The fraction of sp³-hybridized carbons (Fsp3) is 1.00. The van der Waals surface area contributed by atoms with Gasteiger partial charge in [0.2, 0.25) is 0 Å². The Balaban J connectivity index is 1.69. The van der Waals surface area contributed by atoms with Gasteiger partial charge in [-0.15, -0.1) is 0 Å². The maximum Gasteiger partial charge on any atom is 0.154 e. The van der Waals surface area contributed by atoms with Crippen LogP contribution in [0, 0.1) is 0 Å². The van der Waals surface area contributed by atoms with Gasteiger partial charge in [-0.25, -0.2) is 8.42 Å². The summed E-state index contributed by atoms with van der Waals surface area (Å²) in [6.07, 6.45) is 3.92. The highest BCUT2D eigenvalue weighted by Crippen LogP contribution is 2.31. The molecule has 3 saturated heterocycles. The Morgan fingerprint density at radius 2 is 1.78 bits per heavy atom. The van der Waals surface area contributed by atoms with Crippen molar-refractivity contribution >= 4 is 9.84 Å². The monoisotopic (exact) mass is 274 g/mol. The highest BCUT2D eigenvalue weighted by molar-refractivity contribution is 7.91. The molecule has 6 heteroatoms. The van der Waals surface area contributed by atoms with Crippen LogP contribution in [0.5, 0.6) is 0 Å². The first kappa shape index (κ1) is 12.8. The minimum absolute atomic E-state index is 0.0696. The van der Waals surface area contributed by atoms with Crippen LogP contribution in [0.1, 0.15) is 25.7 Å². The van der Waals surface area contributed by atoms with Crippen LogP contribution in [0.2, 0.25) is 0 Å². The zero-order valence-electron chi connectivity index (χ0n) is 10.7. The van der Waals surface area contributed by atoms with Gasteiger partial charge < -0.3 is 10.4 Å². The standard InChI is InChI=1S/C12H22N2O3S/c1-14(11-6-18(16,17)7-12(11)15)10-4-8-2-3-9(5-10)13-8/h8-13,15H,2-7H2,1H3. The Kier molecular flexibility index (Phi) is 3.17. The fourth-order valence-electron chi connectivity index (χ4n) is 3.83. The Labute approximate surface area is 108 Å². The first-order valence-corrected chi connectivity index (χ1v) is 8.63. The number of nitrogens with zero attached hydrogens (tertiary/aromatic N) is 1. The molecule has 4 atom stereocenters. The number of rotatable bonds is 2. The van der Waals surface area contributed by atoms with Gasteiger partial charge in [0.1, 0.15) is 0 Å². The van der Waals surface area contributed by atoms with Crippen LogP contribution in [0.25, 0.3) is 0 Å². The summed E-state index contributed by atoms with van der Waals surface area (Å²) >= 11 is 0. The van der Waals surface area contributed by atoms with Gasteiger partial charge >= 0.3 is 0 Å². The zero-order valence-corrected chi connectivity index (χ0v) is 11.6. The van der Waals surface area contributed by atoms with E-state index in [1.807, 2.05) is 7.05 Å². The van der Waals surface area contributed by atoms with E-state index in [0.717, 1.165) is 12.8 Å². The Hall–Kier alpha value is -0.170. The van der Waals surface area contributed by atoms with Gasteiger partial charge in [-0.2, -0.15) is 0 Å². The third-order valence-corrected chi connectivity index (χ3v) is 6.54. The summed E-state index contributed by atoms with van der Waals surface area (Å²) in [6, 6.07) is 1.38. The molecule has 0 saturated carbocycles. The second-order valence-electron chi connectivity index (χ2n) is 6.14. The van der Waals surface area contributed by atoms with Gasteiger partial charge in [0.25, 0.3) is 0 Å². The highest BCUT2D eigenvalue weighted by atomic mass is 32.2. The number of likely N-dealkylation sites (N-methyl/N-ethyl adjacent to an activating group) is 1. The lowest BCUT2D eigenvalue weighted by molar-refractivity contribution is 0.0558. The second kappa shape index (κ2) is 4.44. The Bertz CT molecular complexity index is 413. The molecule has 0 radical (unpaired) electrons. The van der Waals surface area contributed by atoms with Crippen LogP contribution in [0.3, 0.4) is 0 Å². The zero-order chi connectivity index (χ0) is 12.9. The quantitative estimate of drug-likeness (QED) is 0.701. The van der Waals surface area contributed by atoms with E-state index in [1.54, 1.807) is 0 Å². The van der Waals surface area contributed by atoms with Crippen molar-refractivity contribution in [3.05, 3.63) is 0 Å².